The molecule has 146 valence electrons. The molecule has 1 heterocycles. The molecule has 0 spiro atoms. The van der Waals surface area contributed by atoms with Crippen LogP contribution in [0, 0.1) is 34.5 Å². The van der Waals surface area contributed by atoms with Crippen molar-refractivity contribution in [3.63, 3.8) is 0 Å². The minimum atomic E-state index is -0.717. The van der Waals surface area contributed by atoms with E-state index in [-0.39, 0.29) is 17.7 Å². The Hall–Kier alpha value is -0.940. The highest BCUT2D eigenvalue weighted by molar-refractivity contribution is 6.38. The predicted molar refractivity (Wildman–Crippen MR) is 98.1 cm³/mol. The van der Waals surface area contributed by atoms with Gasteiger partial charge in [-0.1, -0.05) is 6.92 Å². The maximum atomic E-state index is 12.3. The molecule has 3 saturated carbocycles. The summed E-state index contributed by atoms with van der Waals surface area (Å²) in [5.74, 6) is 1.54. The number of carbonyl (C=O) groups excluding carboxylic acids is 1. The van der Waals surface area contributed by atoms with Gasteiger partial charge in [0, 0.05) is 6.61 Å². The molecule has 1 saturated heterocycles. The van der Waals surface area contributed by atoms with E-state index in [2.05, 4.69) is 6.92 Å². The average molecular weight is 363 g/mol. The molecule has 4 aliphatic rings. The molecule has 2 N–H and O–H groups in total. The molecule has 5 nitrogen and oxygen atoms in total. The van der Waals surface area contributed by atoms with E-state index in [1.165, 1.54) is 0 Å². The molecule has 26 heavy (non-hydrogen) atoms. The normalized spacial score (nSPS) is 47.4. The Morgan fingerprint density at radius 3 is 2.77 bits per heavy atom. The monoisotopic (exact) mass is 363 g/mol. The number of carbonyl (C=O) groups is 1. The minimum absolute atomic E-state index is 0.0478. The van der Waals surface area contributed by atoms with E-state index in [1.807, 2.05) is 0 Å². The van der Waals surface area contributed by atoms with Gasteiger partial charge in [0.2, 0.25) is 0 Å². The third-order valence-electron chi connectivity index (χ3n) is 8.35. The molecule has 3 unspecified atom stereocenters. The summed E-state index contributed by atoms with van der Waals surface area (Å²) in [7, 11) is 0. The average Bonchev–Trinajstić information content (AvgIpc) is 3.07. The maximum Gasteiger partial charge on any atom is 0.355 e. The van der Waals surface area contributed by atoms with Crippen molar-refractivity contribution in [2.24, 2.45) is 29.1 Å². The zero-order chi connectivity index (χ0) is 18.5. The number of ether oxygens (including phenoxy) is 2. The molecule has 1 aliphatic heterocycles. The second-order valence-corrected chi connectivity index (χ2v) is 9.25. The summed E-state index contributed by atoms with van der Waals surface area (Å²) in [5, 5.41) is 18.7. The molecule has 0 radical (unpaired) electrons. The van der Waals surface area contributed by atoms with Gasteiger partial charge in [0.05, 0.1) is 12.7 Å². The van der Waals surface area contributed by atoms with Gasteiger partial charge in [0.15, 0.2) is 0 Å². The van der Waals surface area contributed by atoms with Gasteiger partial charge in [-0.05, 0) is 87.4 Å². The van der Waals surface area contributed by atoms with Gasteiger partial charge in [0.1, 0.15) is 11.3 Å². The van der Waals surface area contributed by atoms with Crippen molar-refractivity contribution in [3.8, 4) is 0 Å². The van der Waals surface area contributed by atoms with Crippen molar-refractivity contribution >= 4 is 11.7 Å². The Morgan fingerprint density at radius 2 is 2.00 bits per heavy atom. The highest BCUT2D eigenvalue weighted by atomic mass is 16.5. The first kappa shape index (κ1) is 18.4. The van der Waals surface area contributed by atoms with Crippen LogP contribution in [-0.4, -0.2) is 41.7 Å². The summed E-state index contributed by atoms with van der Waals surface area (Å²) < 4.78 is 11.3. The quantitative estimate of drug-likeness (QED) is 0.595. The molecule has 0 aromatic rings. The van der Waals surface area contributed by atoms with Crippen molar-refractivity contribution in [1.29, 1.82) is 5.41 Å². The summed E-state index contributed by atoms with van der Waals surface area (Å²) in [5.41, 5.74) is -0.375. The van der Waals surface area contributed by atoms with Gasteiger partial charge < -0.3 is 14.6 Å². The number of aliphatic hydroxyl groups is 1. The van der Waals surface area contributed by atoms with Gasteiger partial charge in [0.25, 0.3) is 0 Å². The SMILES string of the molecule is CCOC(=O)C(=N)[C@@]12CCC3[C@@H](CCC4C[C@@H](O)CC[C@@]43C)C1CCO2. The van der Waals surface area contributed by atoms with Crippen LogP contribution in [0.4, 0.5) is 0 Å². The summed E-state index contributed by atoms with van der Waals surface area (Å²) in [6.07, 6.45) is 7.89. The standard InChI is InChI=1S/C21H33NO4/c1-3-25-19(24)18(22)21-10-7-16-15(17(21)8-11-26-21)5-4-13-12-14(23)6-9-20(13,16)2/h13-17,22-23H,3-12H2,1-2H3/t13?,14-,15+,16?,17?,20-,21+/m0/s1. The molecular weight excluding hydrogens is 330 g/mol. The van der Waals surface area contributed by atoms with Crippen LogP contribution in [0.5, 0.6) is 0 Å². The lowest BCUT2D eigenvalue weighted by Crippen LogP contribution is -2.59. The van der Waals surface area contributed by atoms with Gasteiger partial charge in [-0.3, -0.25) is 5.41 Å². The fourth-order valence-electron chi connectivity index (χ4n) is 7.10. The Kier molecular flexibility index (Phi) is 4.67. The number of nitrogens with one attached hydrogen (secondary N) is 1. The lowest BCUT2D eigenvalue weighted by Gasteiger charge is -2.60. The van der Waals surface area contributed by atoms with Crippen molar-refractivity contribution in [2.45, 2.75) is 76.9 Å². The number of rotatable bonds is 3. The van der Waals surface area contributed by atoms with Crippen LogP contribution >= 0.6 is 0 Å². The molecule has 0 aromatic heterocycles. The first-order chi connectivity index (χ1) is 12.4. The molecule has 0 bridgehead atoms. The smallest absolute Gasteiger partial charge is 0.355 e. The minimum Gasteiger partial charge on any atom is -0.461 e. The van der Waals surface area contributed by atoms with Crippen molar-refractivity contribution < 1.29 is 19.4 Å². The van der Waals surface area contributed by atoms with Crippen LogP contribution in [0.3, 0.4) is 0 Å². The second kappa shape index (κ2) is 6.59. The van der Waals surface area contributed by atoms with Gasteiger partial charge >= 0.3 is 5.97 Å². The maximum absolute atomic E-state index is 12.3. The zero-order valence-corrected chi connectivity index (χ0v) is 16.1. The summed E-state index contributed by atoms with van der Waals surface area (Å²) in [4.78, 5) is 12.3. The summed E-state index contributed by atoms with van der Waals surface area (Å²) in [6.45, 7) is 5.18. The van der Waals surface area contributed by atoms with Crippen LogP contribution in [0.2, 0.25) is 0 Å². The van der Waals surface area contributed by atoms with Gasteiger partial charge in [-0.2, -0.15) is 0 Å². The first-order valence-corrected chi connectivity index (χ1v) is 10.5. The third-order valence-corrected chi connectivity index (χ3v) is 8.35. The Balaban J connectivity index is 1.60. The number of hydrogen-bond donors (Lipinski definition) is 2. The third kappa shape index (κ3) is 2.57. The van der Waals surface area contributed by atoms with Crippen LogP contribution < -0.4 is 0 Å². The van der Waals surface area contributed by atoms with Crippen LogP contribution in [-0.2, 0) is 14.3 Å². The van der Waals surface area contributed by atoms with Gasteiger partial charge in [-0.15, -0.1) is 0 Å². The van der Waals surface area contributed by atoms with E-state index in [4.69, 9.17) is 14.9 Å². The molecule has 0 amide bonds. The zero-order valence-electron chi connectivity index (χ0n) is 16.1. The van der Waals surface area contributed by atoms with Crippen molar-refractivity contribution in [2.75, 3.05) is 13.2 Å². The van der Waals surface area contributed by atoms with E-state index in [1.54, 1.807) is 6.92 Å². The van der Waals surface area contributed by atoms with Crippen LogP contribution in [0.25, 0.3) is 0 Å². The second-order valence-electron chi connectivity index (χ2n) is 9.25. The topological polar surface area (TPSA) is 79.6 Å². The predicted octanol–water partition coefficient (Wildman–Crippen LogP) is 3.33. The molecule has 0 aromatic carbocycles. The highest BCUT2D eigenvalue weighted by Gasteiger charge is 2.62. The van der Waals surface area contributed by atoms with Crippen LogP contribution in [0.15, 0.2) is 0 Å². The fourth-order valence-corrected chi connectivity index (χ4v) is 7.10. The number of aliphatic hydroxyl groups excluding tert-OH is 1. The number of fused-ring (bicyclic) bond motifs is 5. The lowest BCUT2D eigenvalue weighted by molar-refractivity contribution is -0.142. The molecule has 4 rings (SSSR count). The Labute approximate surface area is 156 Å². The summed E-state index contributed by atoms with van der Waals surface area (Å²) in [6, 6.07) is 0. The highest BCUT2D eigenvalue weighted by Crippen LogP contribution is 2.63. The van der Waals surface area contributed by atoms with Gasteiger partial charge in [-0.25, -0.2) is 4.79 Å². The number of esters is 1. The molecule has 7 atom stereocenters. The van der Waals surface area contributed by atoms with E-state index >= 15 is 0 Å². The van der Waals surface area contributed by atoms with E-state index < -0.39 is 11.6 Å². The molecular formula is C21H33NO4. The Morgan fingerprint density at radius 1 is 1.19 bits per heavy atom. The van der Waals surface area contributed by atoms with Crippen molar-refractivity contribution in [3.05, 3.63) is 0 Å². The van der Waals surface area contributed by atoms with Crippen molar-refractivity contribution in [1.82, 2.24) is 0 Å². The number of hydrogen-bond acceptors (Lipinski definition) is 5. The van der Waals surface area contributed by atoms with E-state index in [9.17, 15) is 9.90 Å². The van der Waals surface area contributed by atoms with E-state index in [0.717, 1.165) is 51.4 Å². The first-order valence-electron chi connectivity index (χ1n) is 10.5. The Bertz CT molecular complexity index is 593. The van der Waals surface area contributed by atoms with E-state index in [0.29, 0.717) is 36.4 Å². The molecule has 4 fully saturated rings. The largest absolute Gasteiger partial charge is 0.461 e. The molecule has 5 heteroatoms. The fraction of sp³-hybridized carbons (Fsp3) is 0.905. The summed E-state index contributed by atoms with van der Waals surface area (Å²) >= 11 is 0. The molecule has 3 aliphatic carbocycles. The lowest BCUT2D eigenvalue weighted by atomic mass is 9.46. The van der Waals surface area contributed by atoms with Crippen LogP contribution in [0.1, 0.15) is 65.2 Å².